The molecule has 0 aromatic heterocycles. The molecule has 114 valence electrons. The first-order chi connectivity index (χ1) is 9.85. The number of hydrogen-bond acceptors (Lipinski definition) is 3. The third-order valence-electron chi connectivity index (χ3n) is 4.03. The Morgan fingerprint density at radius 2 is 1.95 bits per heavy atom. The quantitative estimate of drug-likeness (QED) is 0.773. The van der Waals surface area contributed by atoms with Gasteiger partial charge in [-0.05, 0) is 55.3 Å². The molecule has 2 saturated heterocycles. The molecule has 1 aromatic rings. The summed E-state index contributed by atoms with van der Waals surface area (Å²) in [4.78, 5) is 16.5. The van der Waals surface area contributed by atoms with Crippen molar-refractivity contribution in [1.82, 2.24) is 4.90 Å². The van der Waals surface area contributed by atoms with Gasteiger partial charge in [0.2, 0.25) is 0 Å². The molecule has 0 spiro atoms. The summed E-state index contributed by atoms with van der Waals surface area (Å²) < 4.78 is 6.61. The number of carbonyl (C=O) groups is 1. The number of amides is 1. The Morgan fingerprint density at radius 3 is 2.52 bits per heavy atom. The van der Waals surface area contributed by atoms with Crippen LogP contribution in [0.4, 0.5) is 10.5 Å². The number of piperazine rings is 1. The summed E-state index contributed by atoms with van der Waals surface area (Å²) in [6.45, 7) is 7.36. The number of carbonyl (C=O) groups excluding carboxylic acids is 1. The normalized spacial score (nSPS) is 24.6. The summed E-state index contributed by atoms with van der Waals surface area (Å²) in [7, 11) is 0. The summed E-state index contributed by atoms with van der Waals surface area (Å²) in [6.07, 6.45) is 0.849. The lowest BCUT2D eigenvalue weighted by Gasteiger charge is -2.36. The summed E-state index contributed by atoms with van der Waals surface area (Å²) in [5.41, 5.74) is 0.787. The largest absolute Gasteiger partial charge is 0.444 e. The lowest BCUT2D eigenvalue weighted by molar-refractivity contribution is 0.0215. The monoisotopic (exact) mass is 352 g/mol. The minimum atomic E-state index is -0.430. The highest BCUT2D eigenvalue weighted by Gasteiger charge is 2.46. The maximum Gasteiger partial charge on any atom is 0.410 e. The maximum absolute atomic E-state index is 12.2. The number of fused-ring (bicyclic) bond motifs is 2. The Balaban J connectivity index is 1.70. The first-order valence-electron chi connectivity index (χ1n) is 7.36. The molecule has 21 heavy (non-hydrogen) atoms. The Morgan fingerprint density at radius 1 is 1.24 bits per heavy atom. The molecule has 2 fully saturated rings. The first-order valence-corrected chi connectivity index (χ1v) is 8.15. The van der Waals surface area contributed by atoms with E-state index in [1.165, 1.54) is 5.69 Å². The van der Waals surface area contributed by atoms with Crippen LogP contribution in [-0.4, -0.2) is 41.8 Å². The van der Waals surface area contributed by atoms with Gasteiger partial charge in [0.25, 0.3) is 0 Å². The van der Waals surface area contributed by atoms with Gasteiger partial charge in [0.15, 0.2) is 0 Å². The van der Waals surface area contributed by atoms with Crippen LogP contribution in [0.2, 0.25) is 0 Å². The van der Waals surface area contributed by atoms with Crippen LogP contribution >= 0.6 is 15.9 Å². The lowest BCUT2D eigenvalue weighted by Crippen LogP contribution is -2.50. The van der Waals surface area contributed by atoms with E-state index in [0.29, 0.717) is 6.04 Å². The summed E-state index contributed by atoms with van der Waals surface area (Å²) in [5, 5.41) is 0. The Hall–Kier alpha value is -1.23. The maximum atomic E-state index is 12.2. The number of benzene rings is 1. The molecule has 2 aliphatic rings. The van der Waals surface area contributed by atoms with Crippen molar-refractivity contribution in [2.75, 3.05) is 18.0 Å². The topological polar surface area (TPSA) is 32.8 Å². The number of ether oxygens (including phenoxy) is 1. The van der Waals surface area contributed by atoms with Crippen LogP contribution < -0.4 is 4.90 Å². The van der Waals surface area contributed by atoms with E-state index >= 15 is 0 Å². The Labute approximate surface area is 134 Å². The molecule has 2 bridgehead atoms. The van der Waals surface area contributed by atoms with Gasteiger partial charge in [0.05, 0.1) is 11.7 Å². The molecule has 0 aliphatic carbocycles. The molecule has 0 radical (unpaired) electrons. The summed E-state index contributed by atoms with van der Waals surface area (Å²) in [6, 6.07) is 8.92. The molecule has 1 amide bonds. The molecule has 0 unspecified atom stereocenters. The van der Waals surface area contributed by atoms with Gasteiger partial charge in [-0.2, -0.15) is 0 Å². The van der Waals surface area contributed by atoms with Gasteiger partial charge in [-0.3, -0.25) is 0 Å². The molecule has 2 aliphatic heterocycles. The fraction of sp³-hybridized carbons (Fsp3) is 0.562. The van der Waals surface area contributed by atoms with Gasteiger partial charge in [-0.1, -0.05) is 12.1 Å². The van der Waals surface area contributed by atoms with Crippen LogP contribution in [0, 0.1) is 0 Å². The van der Waals surface area contributed by atoms with E-state index < -0.39 is 5.60 Å². The number of para-hydroxylation sites is 1. The minimum absolute atomic E-state index is 0.179. The van der Waals surface area contributed by atoms with Crippen molar-refractivity contribution < 1.29 is 9.53 Å². The van der Waals surface area contributed by atoms with Crippen LogP contribution in [-0.2, 0) is 4.74 Å². The highest BCUT2D eigenvalue weighted by Crippen LogP contribution is 2.38. The molecule has 0 saturated carbocycles. The van der Waals surface area contributed by atoms with Gasteiger partial charge in [0.1, 0.15) is 5.60 Å². The third kappa shape index (κ3) is 2.89. The standard InChI is InChI=1S/C16H21BrN2O2/c1-16(2,3)21-15(20)19-10-11-8-12(19)9-18(11)14-7-5-4-6-13(14)17/h4-7,11-12H,8-10H2,1-3H3/t11-,12-/m0/s1. The zero-order valence-electron chi connectivity index (χ0n) is 12.7. The molecular formula is C16H21BrN2O2. The molecular weight excluding hydrogens is 332 g/mol. The van der Waals surface area contributed by atoms with Crippen LogP contribution in [0.5, 0.6) is 0 Å². The predicted octanol–water partition coefficient (Wildman–Crippen LogP) is 3.65. The van der Waals surface area contributed by atoms with Gasteiger partial charge in [-0.15, -0.1) is 0 Å². The van der Waals surface area contributed by atoms with E-state index in [2.05, 4.69) is 39.0 Å². The van der Waals surface area contributed by atoms with E-state index in [9.17, 15) is 4.79 Å². The number of likely N-dealkylation sites (tertiary alicyclic amines) is 1. The lowest BCUT2D eigenvalue weighted by atomic mass is 10.2. The van der Waals surface area contributed by atoms with E-state index in [4.69, 9.17) is 4.74 Å². The second kappa shape index (κ2) is 5.20. The highest BCUT2D eigenvalue weighted by atomic mass is 79.9. The van der Waals surface area contributed by atoms with E-state index in [1.807, 2.05) is 31.7 Å². The zero-order chi connectivity index (χ0) is 15.2. The molecule has 2 heterocycles. The molecule has 5 heteroatoms. The number of rotatable bonds is 1. The van der Waals surface area contributed by atoms with Crippen molar-refractivity contribution in [2.24, 2.45) is 0 Å². The fourth-order valence-corrected chi connectivity index (χ4v) is 3.70. The first kappa shape index (κ1) is 14.7. The van der Waals surface area contributed by atoms with Crippen molar-refractivity contribution in [2.45, 2.75) is 44.9 Å². The predicted molar refractivity (Wildman–Crippen MR) is 86.6 cm³/mol. The summed E-state index contributed by atoms with van der Waals surface area (Å²) in [5.74, 6) is 0. The highest BCUT2D eigenvalue weighted by molar-refractivity contribution is 9.10. The smallest absolute Gasteiger partial charge is 0.410 e. The molecule has 1 aromatic carbocycles. The van der Waals surface area contributed by atoms with Gasteiger partial charge < -0.3 is 14.5 Å². The average molecular weight is 353 g/mol. The molecule has 2 atom stereocenters. The second-order valence-corrected chi connectivity index (χ2v) is 7.63. The van der Waals surface area contributed by atoms with Crippen LogP contribution in [0.25, 0.3) is 0 Å². The van der Waals surface area contributed by atoms with Gasteiger partial charge >= 0.3 is 6.09 Å². The Bertz CT molecular complexity index is 555. The minimum Gasteiger partial charge on any atom is -0.444 e. The molecule has 3 rings (SSSR count). The van der Waals surface area contributed by atoms with Crippen molar-refractivity contribution in [3.8, 4) is 0 Å². The van der Waals surface area contributed by atoms with Crippen molar-refractivity contribution >= 4 is 27.7 Å². The van der Waals surface area contributed by atoms with Crippen molar-refractivity contribution in [3.05, 3.63) is 28.7 Å². The third-order valence-corrected chi connectivity index (χ3v) is 4.70. The SMILES string of the molecule is CC(C)(C)OC(=O)N1C[C@@H]2C[C@H]1CN2c1ccccc1Br. The van der Waals surface area contributed by atoms with Crippen LogP contribution in [0.1, 0.15) is 27.2 Å². The number of halogens is 1. The van der Waals surface area contributed by atoms with Crippen molar-refractivity contribution in [3.63, 3.8) is 0 Å². The second-order valence-electron chi connectivity index (χ2n) is 6.78. The fourth-order valence-electron chi connectivity index (χ4n) is 3.19. The zero-order valence-corrected chi connectivity index (χ0v) is 14.3. The van der Waals surface area contributed by atoms with E-state index in [0.717, 1.165) is 24.0 Å². The van der Waals surface area contributed by atoms with Gasteiger partial charge in [0, 0.05) is 23.6 Å². The Kier molecular flexibility index (Phi) is 3.64. The van der Waals surface area contributed by atoms with Crippen LogP contribution in [0.3, 0.4) is 0 Å². The van der Waals surface area contributed by atoms with E-state index in [1.54, 1.807) is 0 Å². The average Bonchev–Trinajstić information content (AvgIpc) is 2.96. The summed E-state index contributed by atoms with van der Waals surface area (Å²) >= 11 is 3.61. The molecule has 0 N–H and O–H groups in total. The van der Waals surface area contributed by atoms with Crippen LogP contribution in [0.15, 0.2) is 28.7 Å². The number of nitrogens with zero attached hydrogens (tertiary/aromatic N) is 2. The number of hydrogen-bond donors (Lipinski definition) is 0. The molecule has 4 nitrogen and oxygen atoms in total. The number of anilines is 1. The van der Waals surface area contributed by atoms with Crippen molar-refractivity contribution in [1.29, 1.82) is 0 Å². The van der Waals surface area contributed by atoms with E-state index in [-0.39, 0.29) is 12.1 Å². The van der Waals surface area contributed by atoms with Gasteiger partial charge in [-0.25, -0.2) is 4.79 Å².